The number of ether oxygens (including phenoxy) is 1. The highest BCUT2D eigenvalue weighted by atomic mass is 32.2. The van der Waals surface area contributed by atoms with Gasteiger partial charge in [-0.05, 0) is 43.7 Å². The van der Waals surface area contributed by atoms with Crippen molar-refractivity contribution in [3.63, 3.8) is 0 Å². The summed E-state index contributed by atoms with van der Waals surface area (Å²) in [7, 11) is -2.03. The van der Waals surface area contributed by atoms with E-state index in [9.17, 15) is 18.0 Å². The van der Waals surface area contributed by atoms with Gasteiger partial charge in [-0.2, -0.15) is 0 Å². The molecule has 0 aliphatic carbocycles. The standard InChI is InChI=1S/C17H19NO5S2/c1-5-18-16-13(17(20)23-3)10(2)15(24-16)14(19)11-6-8-12(9-7-11)25(4,21)22/h6-9,18H,5H2,1-4H3. The van der Waals surface area contributed by atoms with Crippen LogP contribution in [0.1, 0.15) is 38.1 Å². The monoisotopic (exact) mass is 381 g/mol. The second-order valence-corrected chi connectivity index (χ2v) is 8.44. The van der Waals surface area contributed by atoms with E-state index in [1.807, 2.05) is 6.92 Å². The van der Waals surface area contributed by atoms with Crippen LogP contribution in [0.25, 0.3) is 0 Å². The Balaban J connectivity index is 2.47. The van der Waals surface area contributed by atoms with E-state index in [4.69, 9.17) is 4.74 Å². The van der Waals surface area contributed by atoms with Gasteiger partial charge >= 0.3 is 5.97 Å². The van der Waals surface area contributed by atoms with Gasteiger partial charge in [0, 0.05) is 18.4 Å². The van der Waals surface area contributed by atoms with Crippen LogP contribution in [0.2, 0.25) is 0 Å². The molecule has 0 aliphatic rings. The average molecular weight is 381 g/mol. The molecule has 1 aromatic heterocycles. The van der Waals surface area contributed by atoms with Crippen molar-refractivity contribution in [1.29, 1.82) is 0 Å². The molecule has 0 saturated carbocycles. The minimum Gasteiger partial charge on any atom is -0.465 e. The van der Waals surface area contributed by atoms with E-state index < -0.39 is 15.8 Å². The number of thiophene rings is 1. The topological polar surface area (TPSA) is 89.5 Å². The molecular weight excluding hydrogens is 362 g/mol. The van der Waals surface area contributed by atoms with Crippen LogP contribution in [-0.2, 0) is 14.6 Å². The Hall–Kier alpha value is -2.19. The van der Waals surface area contributed by atoms with Crippen molar-refractivity contribution in [3.8, 4) is 0 Å². The highest BCUT2D eigenvalue weighted by Gasteiger charge is 2.25. The molecule has 0 bridgehead atoms. The van der Waals surface area contributed by atoms with Crippen molar-refractivity contribution >= 4 is 37.9 Å². The third-order valence-electron chi connectivity index (χ3n) is 3.62. The summed E-state index contributed by atoms with van der Waals surface area (Å²) in [6, 6.07) is 5.75. The van der Waals surface area contributed by atoms with Gasteiger partial charge in [-0.25, -0.2) is 13.2 Å². The van der Waals surface area contributed by atoms with Gasteiger partial charge in [0.1, 0.15) is 5.00 Å². The zero-order chi connectivity index (χ0) is 18.8. The van der Waals surface area contributed by atoms with Gasteiger partial charge < -0.3 is 10.1 Å². The molecule has 0 aliphatic heterocycles. The van der Waals surface area contributed by atoms with Crippen LogP contribution in [0.4, 0.5) is 5.00 Å². The van der Waals surface area contributed by atoms with Crippen molar-refractivity contribution < 1.29 is 22.7 Å². The number of carbonyl (C=O) groups is 2. The van der Waals surface area contributed by atoms with Crippen molar-refractivity contribution in [2.45, 2.75) is 18.7 Å². The number of nitrogens with one attached hydrogen (secondary N) is 1. The van der Waals surface area contributed by atoms with Crippen LogP contribution < -0.4 is 5.32 Å². The van der Waals surface area contributed by atoms with Crippen molar-refractivity contribution in [2.24, 2.45) is 0 Å². The Kier molecular flexibility index (Phi) is 5.64. The third kappa shape index (κ3) is 3.91. The lowest BCUT2D eigenvalue weighted by atomic mass is 10.0. The number of hydrogen-bond donors (Lipinski definition) is 1. The lowest BCUT2D eigenvalue weighted by Crippen LogP contribution is -2.07. The first kappa shape index (κ1) is 19.1. The van der Waals surface area contributed by atoms with Crippen molar-refractivity contribution in [3.05, 3.63) is 45.8 Å². The molecule has 0 spiro atoms. The number of benzene rings is 1. The molecule has 1 heterocycles. The number of anilines is 1. The SMILES string of the molecule is CCNc1sc(C(=O)c2ccc(S(C)(=O)=O)cc2)c(C)c1C(=O)OC. The normalized spacial score (nSPS) is 11.2. The zero-order valence-electron chi connectivity index (χ0n) is 14.4. The number of ketones is 1. The molecule has 6 nitrogen and oxygen atoms in total. The molecule has 1 aromatic carbocycles. The van der Waals surface area contributed by atoms with E-state index in [1.54, 1.807) is 6.92 Å². The van der Waals surface area contributed by atoms with Crippen molar-refractivity contribution in [2.75, 3.05) is 25.2 Å². The maximum Gasteiger partial charge on any atom is 0.341 e. The molecule has 134 valence electrons. The second kappa shape index (κ2) is 7.37. The first-order valence-corrected chi connectivity index (χ1v) is 10.2. The fourth-order valence-electron chi connectivity index (χ4n) is 2.35. The van der Waals surface area contributed by atoms with Crippen molar-refractivity contribution in [1.82, 2.24) is 0 Å². The van der Waals surface area contributed by atoms with E-state index in [1.165, 1.54) is 42.7 Å². The Morgan fingerprint density at radius 3 is 2.28 bits per heavy atom. The summed E-state index contributed by atoms with van der Waals surface area (Å²) in [6.07, 6.45) is 1.11. The average Bonchev–Trinajstić information content (AvgIpc) is 2.89. The van der Waals surface area contributed by atoms with Gasteiger partial charge in [0.05, 0.1) is 22.4 Å². The fourth-order valence-corrected chi connectivity index (χ4v) is 4.20. The highest BCUT2D eigenvalue weighted by Crippen LogP contribution is 2.35. The molecule has 1 N–H and O–H groups in total. The van der Waals surface area contributed by atoms with E-state index in [2.05, 4.69) is 5.32 Å². The van der Waals surface area contributed by atoms with Crippen LogP contribution in [0.5, 0.6) is 0 Å². The van der Waals surface area contributed by atoms with E-state index >= 15 is 0 Å². The second-order valence-electron chi connectivity index (χ2n) is 5.41. The summed E-state index contributed by atoms with van der Waals surface area (Å²) in [5, 5.41) is 3.66. The molecule has 8 heteroatoms. The third-order valence-corrected chi connectivity index (χ3v) is 6.00. The Morgan fingerprint density at radius 1 is 1.20 bits per heavy atom. The largest absolute Gasteiger partial charge is 0.465 e. The zero-order valence-corrected chi connectivity index (χ0v) is 16.0. The van der Waals surface area contributed by atoms with Crippen LogP contribution in [-0.4, -0.2) is 40.1 Å². The summed E-state index contributed by atoms with van der Waals surface area (Å²) < 4.78 is 27.9. The van der Waals surface area contributed by atoms with E-state index in [0.29, 0.717) is 33.1 Å². The number of esters is 1. The lowest BCUT2D eigenvalue weighted by Gasteiger charge is -2.04. The molecule has 0 radical (unpaired) electrons. The van der Waals surface area contributed by atoms with Crippen LogP contribution in [0.15, 0.2) is 29.2 Å². The smallest absolute Gasteiger partial charge is 0.341 e. The molecule has 0 amide bonds. The van der Waals surface area contributed by atoms with Gasteiger partial charge in [-0.15, -0.1) is 11.3 Å². The Morgan fingerprint density at radius 2 is 1.80 bits per heavy atom. The Bertz CT molecular complexity index is 911. The molecule has 0 unspecified atom stereocenters. The fraction of sp³-hybridized carbons (Fsp3) is 0.294. The number of hydrogen-bond acceptors (Lipinski definition) is 7. The Labute approximate surface area is 150 Å². The molecule has 0 fully saturated rings. The van der Waals surface area contributed by atoms with E-state index in [0.717, 1.165) is 6.26 Å². The van der Waals surface area contributed by atoms with Gasteiger partial charge in [0.2, 0.25) is 5.78 Å². The summed E-state index contributed by atoms with van der Waals surface area (Å²) in [6.45, 7) is 4.18. The number of sulfone groups is 1. The maximum atomic E-state index is 12.8. The van der Waals surface area contributed by atoms with Gasteiger partial charge in [-0.1, -0.05) is 0 Å². The van der Waals surface area contributed by atoms with Gasteiger partial charge in [-0.3, -0.25) is 4.79 Å². The highest BCUT2D eigenvalue weighted by molar-refractivity contribution is 7.90. The summed E-state index contributed by atoms with van der Waals surface area (Å²) in [4.78, 5) is 25.4. The number of carbonyl (C=O) groups excluding carboxylic acids is 2. The van der Waals surface area contributed by atoms with Gasteiger partial charge in [0.25, 0.3) is 0 Å². The predicted molar refractivity (Wildman–Crippen MR) is 97.5 cm³/mol. The summed E-state index contributed by atoms with van der Waals surface area (Å²) in [5.74, 6) is -0.770. The number of rotatable bonds is 6. The molecule has 2 rings (SSSR count). The van der Waals surface area contributed by atoms with Gasteiger partial charge in [0.15, 0.2) is 9.84 Å². The minimum absolute atomic E-state index is 0.149. The summed E-state index contributed by atoms with van der Waals surface area (Å²) in [5.41, 5.74) is 1.26. The summed E-state index contributed by atoms with van der Waals surface area (Å²) >= 11 is 1.19. The maximum absolute atomic E-state index is 12.8. The first-order valence-electron chi connectivity index (χ1n) is 7.51. The van der Waals surface area contributed by atoms with E-state index in [-0.39, 0.29) is 10.7 Å². The molecular formula is C17H19NO5S2. The van der Waals surface area contributed by atoms with Crippen LogP contribution >= 0.6 is 11.3 Å². The minimum atomic E-state index is -3.32. The van der Waals surface area contributed by atoms with Crippen LogP contribution in [0, 0.1) is 6.92 Å². The quantitative estimate of drug-likeness (QED) is 0.611. The lowest BCUT2D eigenvalue weighted by molar-refractivity contribution is 0.0601. The predicted octanol–water partition coefficient (Wildman–Crippen LogP) is 2.91. The molecule has 2 aromatic rings. The first-order chi connectivity index (χ1) is 11.7. The van der Waals surface area contributed by atoms with Crippen LogP contribution in [0.3, 0.4) is 0 Å². The molecule has 0 saturated heterocycles. The molecule has 0 atom stereocenters. The molecule has 25 heavy (non-hydrogen) atoms. The number of methoxy groups -OCH3 is 1.